The summed E-state index contributed by atoms with van der Waals surface area (Å²) in [6, 6.07) is 17.7. The lowest BCUT2D eigenvalue weighted by atomic mass is 9.91. The van der Waals surface area contributed by atoms with Gasteiger partial charge in [0.1, 0.15) is 17.6 Å². The fourth-order valence-electron chi connectivity index (χ4n) is 3.63. The number of hydrogen-bond acceptors (Lipinski definition) is 4. The van der Waals surface area contributed by atoms with Gasteiger partial charge in [0, 0.05) is 12.0 Å². The maximum Gasteiger partial charge on any atom is 0.430 e. The van der Waals surface area contributed by atoms with Gasteiger partial charge in [-0.15, -0.1) is 0 Å². The fraction of sp³-hybridized carbons (Fsp3) is 0.308. The van der Waals surface area contributed by atoms with E-state index in [0.717, 1.165) is 17.7 Å². The highest BCUT2D eigenvalue weighted by Gasteiger charge is 2.73. The molecule has 194 valence electrons. The van der Waals surface area contributed by atoms with E-state index in [1.165, 1.54) is 31.4 Å². The first-order valence-electron chi connectivity index (χ1n) is 10.8. The summed E-state index contributed by atoms with van der Waals surface area (Å²) in [7, 11) is 1.38. The van der Waals surface area contributed by atoms with Crippen molar-refractivity contribution in [2.75, 3.05) is 13.7 Å². The Kier molecular flexibility index (Phi) is 8.52. The minimum Gasteiger partial charge on any atom is -0.497 e. The number of ether oxygens (including phenoxy) is 3. The summed E-state index contributed by atoms with van der Waals surface area (Å²) in [5, 5.41) is 9.61. The normalized spacial score (nSPS) is 13.3. The minimum absolute atomic E-state index is 0.00198. The van der Waals surface area contributed by atoms with Gasteiger partial charge in [0.25, 0.3) is 5.60 Å². The van der Waals surface area contributed by atoms with E-state index in [4.69, 9.17) is 9.47 Å². The lowest BCUT2D eigenvalue weighted by Gasteiger charge is -2.37. The second-order valence-corrected chi connectivity index (χ2v) is 7.95. The SMILES string of the molecule is COc1ccc(COC(c2ccc(O[C@@H](CO)Cc3ccccc3)cc2)(C(F)(F)F)C(F)(F)F)cc1. The summed E-state index contributed by atoms with van der Waals surface area (Å²) in [6.07, 6.45) is -12.1. The van der Waals surface area contributed by atoms with Crippen LogP contribution in [0.3, 0.4) is 0 Å². The lowest BCUT2D eigenvalue weighted by Crippen LogP contribution is -2.55. The Morgan fingerprint density at radius 3 is 1.78 bits per heavy atom. The van der Waals surface area contributed by atoms with E-state index in [-0.39, 0.29) is 11.3 Å². The molecule has 3 aromatic carbocycles. The summed E-state index contributed by atoms with van der Waals surface area (Å²) in [5.41, 5.74) is -4.78. The van der Waals surface area contributed by atoms with E-state index >= 15 is 0 Å². The summed E-state index contributed by atoms with van der Waals surface area (Å²) >= 11 is 0. The standard InChI is InChI=1S/C26H24F6O4/c1-34-21-11-7-19(8-12-21)17-35-24(25(27,28)29,26(30,31)32)20-9-13-22(14-10-20)36-23(16-33)15-18-5-3-2-4-6-18/h2-14,23,33H,15-17H2,1H3/t23-/m1/s1. The van der Waals surface area contributed by atoms with Gasteiger partial charge in [-0.25, -0.2) is 0 Å². The molecule has 0 aliphatic carbocycles. The van der Waals surface area contributed by atoms with E-state index in [1.54, 1.807) is 30.3 Å². The zero-order valence-corrected chi connectivity index (χ0v) is 19.1. The Bertz CT molecular complexity index is 1070. The van der Waals surface area contributed by atoms with Gasteiger partial charge in [0.15, 0.2) is 0 Å². The summed E-state index contributed by atoms with van der Waals surface area (Å²) in [4.78, 5) is 0. The Hall–Kier alpha value is -3.24. The minimum atomic E-state index is -5.82. The van der Waals surface area contributed by atoms with Crippen molar-refractivity contribution in [3.63, 3.8) is 0 Å². The number of hydrogen-bond donors (Lipinski definition) is 1. The highest BCUT2D eigenvalue weighted by Crippen LogP contribution is 2.53. The molecule has 0 aromatic heterocycles. The first kappa shape index (κ1) is 27.3. The number of benzene rings is 3. The molecule has 3 aromatic rings. The number of rotatable bonds is 10. The van der Waals surface area contributed by atoms with Crippen LogP contribution in [0.15, 0.2) is 78.9 Å². The predicted octanol–water partition coefficient (Wildman–Crippen LogP) is 6.21. The van der Waals surface area contributed by atoms with Crippen LogP contribution in [0.5, 0.6) is 11.5 Å². The van der Waals surface area contributed by atoms with Crippen molar-refractivity contribution < 1.29 is 45.7 Å². The van der Waals surface area contributed by atoms with Crippen LogP contribution in [0, 0.1) is 0 Å². The van der Waals surface area contributed by atoms with Crippen molar-refractivity contribution in [3.8, 4) is 11.5 Å². The van der Waals surface area contributed by atoms with Gasteiger partial charge >= 0.3 is 12.4 Å². The average Bonchev–Trinajstić information content (AvgIpc) is 2.84. The van der Waals surface area contributed by atoms with Crippen LogP contribution in [0.25, 0.3) is 0 Å². The quantitative estimate of drug-likeness (QED) is 0.327. The van der Waals surface area contributed by atoms with E-state index in [9.17, 15) is 31.4 Å². The third-order valence-electron chi connectivity index (χ3n) is 5.49. The first-order chi connectivity index (χ1) is 17.0. The van der Waals surface area contributed by atoms with Crippen LogP contribution < -0.4 is 9.47 Å². The lowest BCUT2D eigenvalue weighted by molar-refractivity contribution is -0.392. The maximum atomic E-state index is 14.1. The summed E-state index contributed by atoms with van der Waals surface area (Å²) in [6.45, 7) is -1.36. The second kappa shape index (κ2) is 11.2. The Labute approximate surface area is 204 Å². The molecule has 0 saturated carbocycles. The van der Waals surface area contributed by atoms with Gasteiger partial charge in [-0.05, 0) is 35.4 Å². The zero-order chi connectivity index (χ0) is 26.4. The largest absolute Gasteiger partial charge is 0.497 e. The third kappa shape index (κ3) is 6.11. The number of aliphatic hydroxyl groups excluding tert-OH is 1. The molecule has 10 heteroatoms. The molecule has 0 radical (unpaired) electrons. The van der Waals surface area contributed by atoms with Crippen molar-refractivity contribution in [3.05, 3.63) is 95.6 Å². The highest BCUT2D eigenvalue weighted by atomic mass is 19.4. The number of aliphatic hydroxyl groups is 1. The first-order valence-corrected chi connectivity index (χ1v) is 10.8. The molecule has 0 fully saturated rings. The molecule has 4 nitrogen and oxygen atoms in total. The van der Waals surface area contributed by atoms with Crippen LogP contribution in [-0.4, -0.2) is 37.3 Å². The van der Waals surface area contributed by atoms with E-state index in [1.807, 2.05) is 0 Å². The molecular weight excluding hydrogens is 490 g/mol. The summed E-state index contributed by atoms with van der Waals surface area (Å²) in [5.74, 6) is 0.392. The van der Waals surface area contributed by atoms with Gasteiger partial charge in [0.05, 0.1) is 20.3 Å². The van der Waals surface area contributed by atoms with Gasteiger partial charge in [0.2, 0.25) is 0 Å². The number of alkyl halides is 6. The number of halogens is 6. The van der Waals surface area contributed by atoms with Crippen molar-refractivity contribution in [1.82, 2.24) is 0 Å². The van der Waals surface area contributed by atoms with Gasteiger partial charge in [-0.1, -0.05) is 54.6 Å². The molecule has 3 rings (SSSR count). The topological polar surface area (TPSA) is 47.9 Å². The fourth-order valence-corrected chi connectivity index (χ4v) is 3.63. The Morgan fingerprint density at radius 1 is 0.722 bits per heavy atom. The van der Waals surface area contributed by atoms with Gasteiger partial charge in [-0.3, -0.25) is 0 Å². The van der Waals surface area contributed by atoms with Crippen LogP contribution in [0.1, 0.15) is 16.7 Å². The number of methoxy groups -OCH3 is 1. The van der Waals surface area contributed by atoms with Crippen LogP contribution >= 0.6 is 0 Å². The van der Waals surface area contributed by atoms with Crippen molar-refractivity contribution in [2.45, 2.75) is 37.1 Å². The average molecular weight is 514 g/mol. The third-order valence-corrected chi connectivity index (χ3v) is 5.49. The van der Waals surface area contributed by atoms with Crippen molar-refractivity contribution >= 4 is 0 Å². The van der Waals surface area contributed by atoms with Crippen LogP contribution in [0.2, 0.25) is 0 Å². The van der Waals surface area contributed by atoms with Gasteiger partial charge in [-0.2, -0.15) is 26.3 Å². The van der Waals surface area contributed by atoms with E-state index < -0.39 is 42.8 Å². The van der Waals surface area contributed by atoms with Crippen LogP contribution in [-0.2, 0) is 23.4 Å². The van der Waals surface area contributed by atoms with Crippen LogP contribution in [0.4, 0.5) is 26.3 Å². The summed E-state index contributed by atoms with van der Waals surface area (Å²) < 4.78 is 99.5. The molecule has 1 atom stereocenters. The van der Waals surface area contributed by atoms with Crippen molar-refractivity contribution in [2.24, 2.45) is 0 Å². The smallest absolute Gasteiger partial charge is 0.430 e. The molecular formula is C26H24F6O4. The Balaban J connectivity index is 1.87. The molecule has 0 spiro atoms. The molecule has 0 unspecified atom stereocenters. The monoisotopic (exact) mass is 514 g/mol. The maximum absolute atomic E-state index is 14.1. The van der Waals surface area contributed by atoms with Crippen molar-refractivity contribution in [1.29, 1.82) is 0 Å². The van der Waals surface area contributed by atoms with E-state index in [2.05, 4.69) is 4.74 Å². The second-order valence-electron chi connectivity index (χ2n) is 7.95. The molecule has 36 heavy (non-hydrogen) atoms. The highest BCUT2D eigenvalue weighted by molar-refractivity contribution is 5.34. The molecule has 0 aliphatic rings. The molecule has 0 aliphatic heterocycles. The Morgan fingerprint density at radius 2 is 1.28 bits per heavy atom. The van der Waals surface area contributed by atoms with Gasteiger partial charge < -0.3 is 19.3 Å². The predicted molar refractivity (Wildman–Crippen MR) is 120 cm³/mol. The molecule has 0 bridgehead atoms. The molecule has 1 N–H and O–H groups in total. The molecule has 0 amide bonds. The zero-order valence-electron chi connectivity index (χ0n) is 19.1. The molecule has 0 saturated heterocycles. The van der Waals surface area contributed by atoms with E-state index in [0.29, 0.717) is 24.3 Å². The molecule has 0 heterocycles.